The molecule has 0 aromatic carbocycles. The molecule has 1 N–H and O–H groups in total. The fraction of sp³-hybridized carbons (Fsp3) is 0.462. The van der Waals surface area contributed by atoms with E-state index < -0.39 is 18.5 Å². The lowest BCUT2D eigenvalue weighted by Crippen LogP contribution is -2.30. The Kier molecular flexibility index (Phi) is 6.79. The summed E-state index contributed by atoms with van der Waals surface area (Å²) >= 11 is 0. The van der Waals surface area contributed by atoms with E-state index in [1.54, 1.807) is 6.92 Å². The summed E-state index contributed by atoms with van der Waals surface area (Å²) in [4.78, 5) is 41.5. The van der Waals surface area contributed by atoms with Gasteiger partial charge in [0.05, 0.1) is 19.0 Å². The molecule has 1 rings (SSSR count). The minimum absolute atomic E-state index is 0.0408. The zero-order valence-corrected chi connectivity index (χ0v) is 11.9. The van der Waals surface area contributed by atoms with E-state index in [-0.39, 0.29) is 18.1 Å². The van der Waals surface area contributed by atoms with Crippen molar-refractivity contribution in [1.29, 1.82) is 0 Å². The third-order valence-corrected chi connectivity index (χ3v) is 2.43. The van der Waals surface area contributed by atoms with Crippen molar-refractivity contribution in [2.45, 2.75) is 19.8 Å². The van der Waals surface area contributed by atoms with Gasteiger partial charge in [0.2, 0.25) is 0 Å². The van der Waals surface area contributed by atoms with Gasteiger partial charge < -0.3 is 14.8 Å². The average Bonchev–Trinajstić information content (AvgIpc) is 2.49. The standard InChI is InChI=1S/C13H17N3O5/c1-9-6-16-10(7-15-9)13(19)21-8-11(17)14-5-3-4-12(18)20-2/h6-7H,3-5,8H2,1-2H3,(H,14,17). The molecule has 0 spiro atoms. The summed E-state index contributed by atoms with van der Waals surface area (Å²) in [6, 6.07) is 0. The molecule has 0 atom stereocenters. The first-order valence-electron chi connectivity index (χ1n) is 6.32. The van der Waals surface area contributed by atoms with Crippen LogP contribution in [0.5, 0.6) is 0 Å². The summed E-state index contributed by atoms with van der Waals surface area (Å²) in [6.45, 7) is 1.63. The van der Waals surface area contributed by atoms with Crippen LogP contribution in [0.3, 0.4) is 0 Å². The Labute approximate surface area is 121 Å². The molecule has 0 saturated heterocycles. The van der Waals surface area contributed by atoms with Gasteiger partial charge >= 0.3 is 11.9 Å². The molecule has 8 heteroatoms. The minimum atomic E-state index is -0.716. The minimum Gasteiger partial charge on any atom is -0.469 e. The van der Waals surface area contributed by atoms with Crippen LogP contribution in [0, 0.1) is 6.92 Å². The zero-order chi connectivity index (χ0) is 15.7. The van der Waals surface area contributed by atoms with Gasteiger partial charge in [0.1, 0.15) is 0 Å². The number of hydrogen-bond donors (Lipinski definition) is 1. The zero-order valence-electron chi connectivity index (χ0n) is 11.9. The molecule has 0 radical (unpaired) electrons. The number of rotatable bonds is 7. The summed E-state index contributed by atoms with van der Waals surface area (Å²) in [6.07, 6.45) is 3.39. The van der Waals surface area contributed by atoms with Crippen molar-refractivity contribution >= 4 is 17.8 Å². The van der Waals surface area contributed by atoms with Gasteiger partial charge in [-0.2, -0.15) is 0 Å². The first-order valence-corrected chi connectivity index (χ1v) is 6.32. The number of ether oxygens (including phenoxy) is 2. The quantitative estimate of drug-likeness (QED) is 0.557. The van der Waals surface area contributed by atoms with Crippen LogP contribution in [0.2, 0.25) is 0 Å². The van der Waals surface area contributed by atoms with Crippen molar-refractivity contribution in [3.63, 3.8) is 0 Å². The number of methoxy groups -OCH3 is 1. The Balaban J connectivity index is 2.22. The highest BCUT2D eigenvalue weighted by Gasteiger charge is 2.11. The molecule has 1 amide bonds. The molecule has 0 fully saturated rings. The lowest BCUT2D eigenvalue weighted by atomic mass is 10.3. The van der Waals surface area contributed by atoms with E-state index in [2.05, 4.69) is 20.0 Å². The second-order valence-corrected chi connectivity index (χ2v) is 4.15. The number of nitrogens with one attached hydrogen (secondary N) is 1. The lowest BCUT2D eigenvalue weighted by molar-refractivity contribution is -0.140. The Hall–Kier alpha value is -2.51. The molecule has 114 valence electrons. The van der Waals surface area contributed by atoms with Gasteiger partial charge in [0.15, 0.2) is 12.3 Å². The molecule has 1 aromatic heterocycles. The highest BCUT2D eigenvalue weighted by atomic mass is 16.5. The Morgan fingerprint density at radius 1 is 1.24 bits per heavy atom. The van der Waals surface area contributed by atoms with E-state index in [0.717, 1.165) is 0 Å². The predicted molar refractivity (Wildman–Crippen MR) is 71.3 cm³/mol. The number of hydrogen-bond acceptors (Lipinski definition) is 7. The second-order valence-electron chi connectivity index (χ2n) is 4.15. The molecule has 0 aliphatic carbocycles. The van der Waals surface area contributed by atoms with Crippen LogP contribution in [0.25, 0.3) is 0 Å². The summed E-state index contributed by atoms with van der Waals surface area (Å²) in [5.41, 5.74) is 0.717. The molecule has 8 nitrogen and oxygen atoms in total. The van der Waals surface area contributed by atoms with Crippen LogP contribution in [-0.2, 0) is 19.1 Å². The van der Waals surface area contributed by atoms with Crippen molar-refractivity contribution < 1.29 is 23.9 Å². The monoisotopic (exact) mass is 295 g/mol. The van der Waals surface area contributed by atoms with Crippen molar-refractivity contribution in [3.8, 4) is 0 Å². The highest BCUT2D eigenvalue weighted by molar-refractivity contribution is 5.89. The lowest BCUT2D eigenvalue weighted by Gasteiger charge is -2.06. The van der Waals surface area contributed by atoms with Crippen LogP contribution < -0.4 is 5.32 Å². The summed E-state index contributed by atoms with van der Waals surface area (Å²) < 4.78 is 9.24. The first-order chi connectivity index (χ1) is 10.0. The van der Waals surface area contributed by atoms with Crippen LogP contribution in [-0.4, -0.2) is 48.1 Å². The van der Waals surface area contributed by atoms with Crippen molar-refractivity contribution in [3.05, 3.63) is 23.8 Å². The van der Waals surface area contributed by atoms with E-state index in [9.17, 15) is 14.4 Å². The number of carbonyl (C=O) groups is 3. The van der Waals surface area contributed by atoms with Crippen molar-refractivity contribution in [1.82, 2.24) is 15.3 Å². The van der Waals surface area contributed by atoms with Crippen LogP contribution in [0.1, 0.15) is 29.0 Å². The van der Waals surface area contributed by atoms with Gasteiger partial charge in [-0.3, -0.25) is 14.6 Å². The van der Waals surface area contributed by atoms with E-state index in [1.165, 1.54) is 19.5 Å². The molecular formula is C13H17N3O5. The first kappa shape index (κ1) is 16.5. The maximum atomic E-state index is 11.6. The maximum absolute atomic E-state index is 11.6. The average molecular weight is 295 g/mol. The molecule has 0 unspecified atom stereocenters. The fourth-order valence-electron chi connectivity index (χ4n) is 1.32. The second kappa shape index (κ2) is 8.62. The number of esters is 2. The number of amides is 1. The molecule has 0 bridgehead atoms. The van der Waals surface area contributed by atoms with Gasteiger partial charge in [-0.1, -0.05) is 0 Å². The Morgan fingerprint density at radius 3 is 2.62 bits per heavy atom. The SMILES string of the molecule is COC(=O)CCCNC(=O)COC(=O)c1cnc(C)cn1. The van der Waals surface area contributed by atoms with Gasteiger partial charge in [-0.25, -0.2) is 9.78 Å². The van der Waals surface area contributed by atoms with Gasteiger partial charge in [-0.05, 0) is 13.3 Å². The van der Waals surface area contributed by atoms with E-state index in [1.807, 2.05) is 0 Å². The molecule has 1 heterocycles. The van der Waals surface area contributed by atoms with Crippen LogP contribution in [0.15, 0.2) is 12.4 Å². The van der Waals surface area contributed by atoms with Gasteiger partial charge in [0.25, 0.3) is 5.91 Å². The Bertz CT molecular complexity index is 501. The third-order valence-electron chi connectivity index (χ3n) is 2.43. The predicted octanol–water partition coefficient (Wildman–Crippen LogP) is 0.0112. The molecule has 0 aliphatic heterocycles. The molecular weight excluding hydrogens is 278 g/mol. The smallest absolute Gasteiger partial charge is 0.359 e. The molecule has 21 heavy (non-hydrogen) atoms. The number of carbonyl (C=O) groups excluding carboxylic acids is 3. The van der Waals surface area contributed by atoms with Crippen LogP contribution >= 0.6 is 0 Å². The van der Waals surface area contributed by atoms with Gasteiger partial charge in [-0.15, -0.1) is 0 Å². The topological polar surface area (TPSA) is 107 Å². The largest absolute Gasteiger partial charge is 0.469 e. The molecule has 0 aliphatic rings. The van der Waals surface area contributed by atoms with Crippen molar-refractivity contribution in [2.24, 2.45) is 0 Å². The van der Waals surface area contributed by atoms with Crippen LogP contribution in [0.4, 0.5) is 0 Å². The van der Waals surface area contributed by atoms with E-state index in [4.69, 9.17) is 4.74 Å². The third kappa shape index (κ3) is 6.46. The summed E-state index contributed by atoms with van der Waals surface area (Å²) in [7, 11) is 1.30. The fourth-order valence-corrected chi connectivity index (χ4v) is 1.32. The normalized spacial score (nSPS) is 9.81. The van der Waals surface area contributed by atoms with E-state index in [0.29, 0.717) is 18.7 Å². The molecule has 1 aromatic rings. The molecule has 0 saturated carbocycles. The maximum Gasteiger partial charge on any atom is 0.359 e. The van der Waals surface area contributed by atoms with Gasteiger partial charge in [0, 0.05) is 19.2 Å². The van der Waals surface area contributed by atoms with E-state index >= 15 is 0 Å². The summed E-state index contributed by atoms with van der Waals surface area (Å²) in [5.74, 6) is -1.51. The van der Waals surface area contributed by atoms with Crippen molar-refractivity contribution in [2.75, 3.05) is 20.3 Å². The Morgan fingerprint density at radius 2 is 2.00 bits per heavy atom. The number of aromatic nitrogens is 2. The summed E-state index contributed by atoms with van der Waals surface area (Å²) in [5, 5.41) is 2.52. The number of aryl methyl sites for hydroxylation is 1. The number of nitrogens with zero attached hydrogens (tertiary/aromatic N) is 2. The highest BCUT2D eigenvalue weighted by Crippen LogP contribution is 1.97.